The van der Waals surface area contributed by atoms with Gasteiger partial charge in [0.2, 0.25) is 11.9 Å². The molecule has 0 bridgehead atoms. The van der Waals surface area contributed by atoms with Crippen molar-refractivity contribution in [1.29, 1.82) is 0 Å². The van der Waals surface area contributed by atoms with Crippen molar-refractivity contribution in [1.82, 2.24) is 39.6 Å². The summed E-state index contributed by atoms with van der Waals surface area (Å²) in [7, 11) is 0. The molecule has 8 rings (SSSR count). The van der Waals surface area contributed by atoms with E-state index in [2.05, 4.69) is 51.3 Å². The summed E-state index contributed by atoms with van der Waals surface area (Å²) in [5.41, 5.74) is 4.11. The van der Waals surface area contributed by atoms with E-state index in [1.165, 1.54) is 6.07 Å². The van der Waals surface area contributed by atoms with Crippen LogP contribution in [0.5, 0.6) is 0 Å². The number of halogens is 2. The Morgan fingerprint density at radius 3 is 2.40 bits per heavy atom. The van der Waals surface area contributed by atoms with E-state index in [-0.39, 0.29) is 35.1 Å². The molecule has 3 saturated heterocycles. The number of nitrogens with one attached hydrogen (secondary N) is 2. The van der Waals surface area contributed by atoms with Crippen molar-refractivity contribution in [2.45, 2.75) is 58.7 Å². The highest BCUT2D eigenvalue weighted by Crippen LogP contribution is 2.31. The smallest absolute Gasteiger partial charge is 0.328 e. The highest BCUT2D eigenvalue weighted by atomic mass is 19.1. The second-order valence-electron chi connectivity index (χ2n) is 14.8. The van der Waals surface area contributed by atoms with E-state index in [0.717, 1.165) is 81.8 Å². The minimum absolute atomic E-state index is 0.0123. The van der Waals surface area contributed by atoms with Crippen LogP contribution in [0.3, 0.4) is 0 Å². The van der Waals surface area contributed by atoms with Crippen LogP contribution in [0.15, 0.2) is 60.9 Å². The summed E-state index contributed by atoms with van der Waals surface area (Å²) in [5, 5.41) is 5.51. The van der Waals surface area contributed by atoms with Gasteiger partial charge in [0.1, 0.15) is 22.9 Å². The van der Waals surface area contributed by atoms with Gasteiger partial charge in [0.05, 0.1) is 23.6 Å². The van der Waals surface area contributed by atoms with E-state index >= 15 is 8.78 Å². The molecule has 0 spiro atoms. The molecule has 286 valence electrons. The number of aromatic nitrogens is 5. The molecule has 3 fully saturated rings. The maximum Gasteiger partial charge on any atom is 0.328 e. The van der Waals surface area contributed by atoms with Gasteiger partial charge in [0.15, 0.2) is 11.6 Å². The van der Waals surface area contributed by atoms with Crippen LogP contribution in [-0.4, -0.2) is 98.1 Å². The van der Waals surface area contributed by atoms with Crippen LogP contribution in [0.1, 0.15) is 50.5 Å². The number of imidazole rings is 1. The topological polar surface area (TPSA) is 128 Å². The minimum atomic E-state index is -0.656. The number of amides is 3. The number of fused-ring (bicyclic) bond motifs is 1. The fourth-order valence-corrected chi connectivity index (χ4v) is 8.17. The number of urea groups is 1. The number of benzene rings is 2. The second-order valence-corrected chi connectivity index (χ2v) is 14.8. The maximum atomic E-state index is 15.1. The van der Waals surface area contributed by atoms with Gasteiger partial charge in [-0.2, -0.15) is 0 Å². The number of piperazine rings is 1. The summed E-state index contributed by atoms with van der Waals surface area (Å²) in [5.74, 6) is -0.0652. The number of hydrogen-bond acceptors (Lipinski definition) is 10. The predicted octanol–water partition coefficient (Wildman–Crippen LogP) is 6.03. The first-order valence-corrected chi connectivity index (χ1v) is 19.0. The van der Waals surface area contributed by atoms with Crippen molar-refractivity contribution in [2.24, 2.45) is 0 Å². The molecule has 6 heterocycles. The number of aryl methyl sites for hydroxylation is 1. The first-order valence-electron chi connectivity index (χ1n) is 19.0. The Morgan fingerprint density at radius 2 is 1.67 bits per heavy atom. The summed E-state index contributed by atoms with van der Waals surface area (Å²) in [6, 6.07) is 15.0. The molecule has 3 aromatic heterocycles. The highest BCUT2D eigenvalue weighted by Gasteiger charge is 2.30. The lowest BCUT2D eigenvalue weighted by molar-refractivity contribution is -0.120. The normalized spacial score (nSPS) is 17.7. The van der Waals surface area contributed by atoms with E-state index in [4.69, 9.17) is 0 Å². The maximum absolute atomic E-state index is 15.1. The molecule has 2 N–H and O–H groups in total. The zero-order chi connectivity index (χ0) is 38.2. The number of piperidine rings is 1. The van der Waals surface area contributed by atoms with Gasteiger partial charge in [-0.25, -0.2) is 33.5 Å². The zero-order valence-electron chi connectivity index (χ0n) is 31.3. The average molecular weight is 750 g/mol. The van der Waals surface area contributed by atoms with Crippen molar-refractivity contribution in [3.05, 3.63) is 83.9 Å². The van der Waals surface area contributed by atoms with Crippen LogP contribution in [0.2, 0.25) is 0 Å². The Balaban J connectivity index is 0.847. The van der Waals surface area contributed by atoms with Crippen LogP contribution >= 0.6 is 0 Å². The molecule has 0 radical (unpaired) electrons. The number of carbonyl (C=O) groups excluding carboxylic acids is 2. The molecule has 0 atom stereocenters. The lowest BCUT2D eigenvalue weighted by Gasteiger charge is -2.43. The van der Waals surface area contributed by atoms with Crippen LogP contribution in [0.25, 0.3) is 22.3 Å². The molecule has 3 amide bonds. The number of nitrogens with zero attached hydrogens (tertiary/aromatic N) is 9. The Morgan fingerprint density at radius 1 is 0.891 bits per heavy atom. The van der Waals surface area contributed by atoms with Crippen molar-refractivity contribution in [3.8, 4) is 11.3 Å². The summed E-state index contributed by atoms with van der Waals surface area (Å²) >= 11 is 0. The van der Waals surface area contributed by atoms with E-state index in [1.807, 2.05) is 61.9 Å². The molecule has 15 heteroatoms. The molecule has 0 aliphatic carbocycles. The number of pyridine rings is 1. The van der Waals surface area contributed by atoms with Crippen LogP contribution < -0.4 is 20.4 Å². The van der Waals surface area contributed by atoms with Gasteiger partial charge >= 0.3 is 6.03 Å². The van der Waals surface area contributed by atoms with Crippen molar-refractivity contribution in [2.75, 3.05) is 60.9 Å². The van der Waals surface area contributed by atoms with E-state index < -0.39 is 11.6 Å². The van der Waals surface area contributed by atoms with Crippen LogP contribution in [0.4, 0.5) is 36.7 Å². The average Bonchev–Trinajstić information content (AvgIpc) is 3.53. The number of hydrogen-bond donors (Lipinski definition) is 2. The Hall–Kier alpha value is -5.54. The molecule has 5 aromatic rings. The van der Waals surface area contributed by atoms with E-state index in [9.17, 15) is 9.59 Å². The number of carbonyl (C=O) groups is 2. The largest absolute Gasteiger partial charge is 0.370 e. The number of anilines is 4. The molecular weight excluding hydrogens is 705 g/mol. The molecule has 13 nitrogen and oxygen atoms in total. The molecule has 55 heavy (non-hydrogen) atoms. The summed E-state index contributed by atoms with van der Waals surface area (Å²) in [6.07, 6.45) is 5.33. The zero-order valence-corrected chi connectivity index (χ0v) is 31.3. The third-order valence-corrected chi connectivity index (χ3v) is 10.9. The molecular formula is C40H45F2N11O2. The number of imide groups is 1. The Labute approximate surface area is 318 Å². The molecule has 3 aliphatic rings. The standard InChI is InChI=1S/C40H45F2N11O2/c1-25(2)53-26(3)45-38-31(41)20-28(21-34(38)53)37-32(42)23-44-39(48-37)46-35-9-8-30(22-43-35)50-13-10-29(11-14-50)51-18-16-49(17-19-51)24-27-6-4-5-7-33(27)52-15-12-36(54)47-40(52)55/h4-9,20-23,25,29H,10-19,24H2,1-3H3,(H,47,54,55)(H,43,44,46,48). The van der Waals surface area contributed by atoms with Crippen molar-refractivity contribution in [3.63, 3.8) is 0 Å². The van der Waals surface area contributed by atoms with Gasteiger partial charge in [0.25, 0.3) is 0 Å². The van der Waals surface area contributed by atoms with Gasteiger partial charge in [-0.1, -0.05) is 18.2 Å². The third-order valence-electron chi connectivity index (χ3n) is 10.9. The van der Waals surface area contributed by atoms with Gasteiger partial charge in [-0.15, -0.1) is 0 Å². The Kier molecular flexibility index (Phi) is 10.1. The van der Waals surface area contributed by atoms with Crippen LogP contribution in [-0.2, 0) is 11.3 Å². The summed E-state index contributed by atoms with van der Waals surface area (Å²) < 4.78 is 32.1. The molecule has 2 aromatic carbocycles. The van der Waals surface area contributed by atoms with Gasteiger partial charge in [-0.05, 0) is 69.5 Å². The fourth-order valence-electron chi connectivity index (χ4n) is 8.17. The molecule has 0 unspecified atom stereocenters. The first-order chi connectivity index (χ1) is 26.6. The SMILES string of the molecule is Cc1nc2c(F)cc(-c3nc(Nc4ccc(N5CCC(N6CCN(Cc7ccccc7N7CCC(=O)NC7=O)CC6)CC5)cn4)ncc3F)cc2n1C(C)C. The molecule has 0 saturated carbocycles. The molecule has 3 aliphatic heterocycles. The monoisotopic (exact) mass is 749 g/mol. The highest BCUT2D eigenvalue weighted by molar-refractivity contribution is 6.05. The predicted molar refractivity (Wildman–Crippen MR) is 207 cm³/mol. The van der Waals surface area contributed by atoms with Crippen molar-refractivity contribution >= 4 is 46.1 Å². The third kappa shape index (κ3) is 7.58. The fraction of sp³-hybridized carbons (Fsp3) is 0.400. The van der Waals surface area contributed by atoms with Gasteiger partial charge < -0.3 is 14.8 Å². The number of rotatable bonds is 9. The lowest BCUT2D eigenvalue weighted by Crippen LogP contribution is -2.53. The quantitative estimate of drug-likeness (QED) is 0.184. The minimum Gasteiger partial charge on any atom is -0.370 e. The second kappa shape index (κ2) is 15.3. The Bertz CT molecular complexity index is 2210. The van der Waals surface area contributed by atoms with Gasteiger partial charge in [-0.3, -0.25) is 24.8 Å². The van der Waals surface area contributed by atoms with E-state index in [0.29, 0.717) is 41.7 Å². The van der Waals surface area contributed by atoms with Crippen LogP contribution in [0, 0.1) is 18.6 Å². The lowest BCUT2D eigenvalue weighted by atomic mass is 10.0. The van der Waals surface area contributed by atoms with E-state index in [1.54, 1.807) is 11.0 Å². The number of para-hydroxylation sites is 1. The summed E-state index contributed by atoms with van der Waals surface area (Å²) in [6.45, 7) is 12.7. The summed E-state index contributed by atoms with van der Waals surface area (Å²) in [4.78, 5) is 50.8. The van der Waals surface area contributed by atoms with Crippen molar-refractivity contribution < 1.29 is 18.4 Å². The first kappa shape index (κ1) is 36.4. The van der Waals surface area contributed by atoms with Gasteiger partial charge in [0, 0.05) is 82.1 Å².